The van der Waals surface area contributed by atoms with Gasteiger partial charge in [0.25, 0.3) is 5.69 Å². The number of nitro groups is 1. The van der Waals surface area contributed by atoms with Crippen LogP contribution in [0.15, 0.2) is 24.3 Å². The van der Waals surface area contributed by atoms with Gasteiger partial charge in [-0.3, -0.25) is 14.9 Å². The molecule has 0 radical (unpaired) electrons. The maximum atomic E-state index is 12.6. The van der Waals surface area contributed by atoms with Crippen molar-refractivity contribution in [1.29, 1.82) is 0 Å². The highest BCUT2D eigenvalue weighted by molar-refractivity contribution is 5.83. The smallest absolute Gasteiger partial charge is 0.269 e. The van der Waals surface area contributed by atoms with Crippen molar-refractivity contribution in [3.8, 4) is 0 Å². The van der Waals surface area contributed by atoms with E-state index in [0.29, 0.717) is 26.1 Å². The lowest BCUT2D eigenvalue weighted by molar-refractivity contribution is -0.384. The summed E-state index contributed by atoms with van der Waals surface area (Å²) in [5.74, 6) is 0.169. The number of nitro benzene ring substituents is 1. The number of amides is 1. The van der Waals surface area contributed by atoms with Gasteiger partial charge in [-0.15, -0.1) is 0 Å². The average Bonchev–Trinajstić information content (AvgIpc) is 3.22. The minimum Gasteiger partial charge on any atom is -0.387 e. The Hall–Kier alpha value is -1.99. The molecule has 1 unspecified atom stereocenters. The summed E-state index contributed by atoms with van der Waals surface area (Å²) in [5, 5.41) is 21.2. The minimum atomic E-state index is -0.823. The van der Waals surface area contributed by atoms with E-state index in [-0.39, 0.29) is 23.4 Å². The lowest BCUT2D eigenvalue weighted by Crippen LogP contribution is -2.43. The molecule has 1 saturated carbocycles. The molecule has 130 valence electrons. The lowest BCUT2D eigenvalue weighted by Gasteiger charge is -2.26. The van der Waals surface area contributed by atoms with E-state index in [4.69, 9.17) is 0 Å². The first kappa shape index (κ1) is 16.9. The highest BCUT2D eigenvalue weighted by Gasteiger charge is 2.48. The van der Waals surface area contributed by atoms with E-state index in [1.54, 1.807) is 17.0 Å². The van der Waals surface area contributed by atoms with Crippen molar-refractivity contribution < 1.29 is 14.8 Å². The number of benzene rings is 1. The first-order valence-corrected chi connectivity index (χ1v) is 8.19. The van der Waals surface area contributed by atoms with E-state index in [0.717, 1.165) is 12.0 Å². The molecule has 3 atom stereocenters. The van der Waals surface area contributed by atoms with Crippen LogP contribution in [0.2, 0.25) is 0 Å². The number of likely N-dealkylation sites (N-methyl/N-ethyl adjacent to an activating group) is 1. The number of β-amino-alcohol motifs (C(OH)–C–C–N with tert-alkyl or cyclic N) is 1. The predicted molar refractivity (Wildman–Crippen MR) is 88.6 cm³/mol. The number of carbonyl (C=O) groups is 1. The summed E-state index contributed by atoms with van der Waals surface area (Å²) < 4.78 is 0. The number of aliphatic hydroxyl groups is 1. The molecule has 0 spiro atoms. The Labute approximate surface area is 141 Å². The van der Waals surface area contributed by atoms with Crippen LogP contribution in [0.25, 0.3) is 0 Å². The van der Waals surface area contributed by atoms with Crippen LogP contribution in [-0.4, -0.2) is 65.1 Å². The van der Waals surface area contributed by atoms with Gasteiger partial charge in [0.05, 0.1) is 17.1 Å². The van der Waals surface area contributed by atoms with Crippen molar-refractivity contribution in [2.24, 2.45) is 5.92 Å². The second-order valence-electron chi connectivity index (χ2n) is 7.27. The number of likely N-dealkylation sites (tertiary alicyclic amines) is 1. The van der Waals surface area contributed by atoms with Gasteiger partial charge >= 0.3 is 0 Å². The summed E-state index contributed by atoms with van der Waals surface area (Å²) >= 11 is 0. The van der Waals surface area contributed by atoms with Crippen molar-refractivity contribution in [2.75, 3.05) is 33.7 Å². The van der Waals surface area contributed by atoms with Crippen molar-refractivity contribution in [2.45, 2.75) is 24.4 Å². The molecule has 7 nitrogen and oxygen atoms in total. The Morgan fingerprint density at radius 2 is 2.08 bits per heavy atom. The van der Waals surface area contributed by atoms with Gasteiger partial charge in [-0.1, -0.05) is 12.1 Å². The van der Waals surface area contributed by atoms with Crippen molar-refractivity contribution in [1.82, 2.24) is 9.80 Å². The largest absolute Gasteiger partial charge is 0.387 e. The minimum absolute atomic E-state index is 0.0619. The molecule has 1 amide bonds. The second-order valence-corrected chi connectivity index (χ2v) is 7.27. The first-order valence-electron chi connectivity index (χ1n) is 8.19. The Morgan fingerprint density at radius 1 is 1.42 bits per heavy atom. The van der Waals surface area contributed by atoms with E-state index < -0.39 is 10.5 Å². The van der Waals surface area contributed by atoms with Crippen molar-refractivity contribution in [3.05, 3.63) is 39.9 Å². The van der Waals surface area contributed by atoms with Gasteiger partial charge in [-0.05, 0) is 38.4 Å². The Morgan fingerprint density at radius 3 is 2.67 bits per heavy atom. The summed E-state index contributed by atoms with van der Waals surface area (Å²) in [6.07, 6.45) is 1.38. The number of non-ortho nitro benzene ring substituents is 1. The maximum absolute atomic E-state index is 12.6. The molecular formula is C17H23N3O4. The summed E-state index contributed by atoms with van der Waals surface area (Å²) in [6, 6.07) is 6.45. The van der Waals surface area contributed by atoms with Gasteiger partial charge in [0.2, 0.25) is 5.91 Å². The van der Waals surface area contributed by atoms with Crippen molar-refractivity contribution >= 4 is 11.6 Å². The number of nitrogens with zero attached hydrogens (tertiary/aromatic N) is 3. The van der Waals surface area contributed by atoms with E-state index in [2.05, 4.69) is 0 Å². The van der Waals surface area contributed by atoms with Gasteiger partial charge < -0.3 is 14.9 Å². The summed E-state index contributed by atoms with van der Waals surface area (Å²) in [7, 11) is 3.82. The van der Waals surface area contributed by atoms with Crippen molar-refractivity contribution in [3.63, 3.8) is 0 Å². The zero-order valence-corrected chi connectivity index (χ0v) is 14.0. The Kier molecular flexibility index (Phi) is 4.31. The Balaban J connectivity index is 1.59. The molecule has 1 aromatic carbocycles. The zero-order valence-electron chi connectivity index (χ0n) is 14.0. The third kappa shape index (κ3) is 3.42. The monoisotopic (exact) mass is 333 g/mol. The molecule has 1 heterocycles. The zero-order chi connectivity index (χ0) is 17.5. The maximum Gasteiger partial charge on any atom is 0.269 e. The molecular weight excluding hydrogens is 310 g/mol. The fourth-order valence-electron chi connectivity index (χ4n) is 3.68. The molecule has 1 aromatic rings. The van der Waals surface area contributed by atoms with E-state index >= 15 is 0 Å². The summed E-state index contributed by atoms with van der Waals surface area (Å²) in [6.45, 7) is 1.52. The molecule has 0 aromatic heterocycles. The fraction of sp³-hybridized carbons (Fsp3) is 0.588. The third-order valence-corrected chi connectivity index (χ3v) is 4.89. The van der Waals surface area contributed by atoms with Gasteiger partial charge in [0, 0.05) is 31.1 Å². The molecule has 2 aliphatic rings. The number of hydrogen-bond donors (Lipinski definition) is 1. The average molecular weight is 333 g/mol. The molecule has 7 heteroatoms. The van der Waals surface area contributed by atoms with E-state index in [1.165, 1.54) is 12.1 Å². The fourth-order valence-corrected chi connectivity index (χ4v) is 3.68. The highest BCUT2D eigenvalue weighted by Crippen LogP contribution is 2.49. The van der Waals surface area contributed by atoms with Gasteiger partial charge in [0.15, 0.2) is 0 Å². The highest BCUT2D eigenvalue weighted by atomic mass is 16.6. The summed E-state index contributed by atoms with van der Waals surface area (Å²) in [4.78, 5) is 26.6. The second kappa shape index (κ2) is 6.14. The molecule has 1 aliphatic carbocycles. The standard InChI is InChI=1S/C17H23N3O4/c1-18(2)10-17(22)7-8-19(11-17)16(21)15-9-14(15)12-3-5-13(6-4-12)20(23)24/h3-6,14-15,22H,7-11H2,1-2H3/t14-,15+,17?/m0/s1. The van der Waals surface area contributed by atoms with Crippen LogP contribution in [0, 0.1) is 16.0 Å². The van der Waals surface area contributed by atoms with Crippen LogP contribution in [0.3, 0.4) is 0 Å². The number of rotatable bonds is 5. The van der Waals surface area contributed by atoms with Crippen LogP contribution >= 0.6 is 0 Å². The van der Waals surface area contributed by atoms with Crippen LogP contribution in [-0.2, 0) is 4.79 Å². The van der Waals surface area contributed by atoms with Crippen LogP contribution in [0.5, 0.6) is 0 Å². The molecule has 2 fully saturated rings. The van der Waals surface area contributed by atoms with Crippen LogP contribution in [0.4, 0.5) is 5.69 Å². The Bertz CT molecular complexity index is 646. The van der Waals surface area contributed by atoms with E-state index in [9.17, 15) is 20.0 Å². The third-order valence-electron chi connectivity index (χ3n) is 4.89. The van der Waals surface area contributed by atoms with Crippen LogP contribution in [0.1, 0.15) is 24.3 Å². The predicted octanol–water partition coefficient (Wildman–Crippen LogP) is 1.22. The normalized spacial score (nSPS) is 29.1. The molecule has 3 rings (SSSR count). The molecule has 24 heavy (non-hydrogen) atoms. The number of carbonyl (C=O) groups excluding carboxylic acids is 1. The first-order chi connectivity index (χ1) is 11.3. The number of hydrogen-bond acceptors (Lipinski definition) is 5. The molecule has 1 saturated heterocycles. The lowest BCUT2D eigenvalue weighted by atomic mass is 10.0. The molecule has 1 N–H and O–H groups in total. The van der Waals surface area contributed by atoms with Crippen LogP contribution < -0.4 is 0 Å². The SMILES string of the molecule is CN(C)CC1(O)CCN(C(=O)[C@@H]2C[C@H]2c2ccc([N+](=O)[O-])cc2)C1. The van der Waals surface area contributed by atoms with Gasteiger partial charge in [-0.25, -0.2) is 0 Å². The quantitative estimate of drug-likeness (QED) is 0.647. The molecule has 0 bridgehead atoms. The summed E-state index contributed by atoms with van der Waals surface area (Å²) in [5.41, 5.74) is 0.217. The molecule has 1 aliphatic heterocycles. The van der Waals surface area contributed by atoms with Gasteiger partial charge in [0.1, 0.15) is 0 Å². The van der Waals surface area contributed by atoms with E-state index in [1.807, 2.05) is 19.0 Å². The topological polar surface area (TPSA) is 86.9 Å². The van der Waals surface area contributed by atoms with Gasteiger partial charge in [-0.2, -0.15) is 0 Å².